The van der Waals surface area contributed by atoms with Gasteiger partial charge in [0.15, 0.2) is 0 Å². The highest BCUT2D eigenvalue weighted by Gasteiger charge is 2.32. The Morgan fingerprint density at radius 1 is 1.45 bits per heavy atom. The number of carboxylic acids is 1. The normalized spacial score (nSPS) is 16.9. The van der Waals surface area contributed by atoms with Crippen molar-refractivity contribution in [2.75, 3.05) is 6.54 Å². The van der Waals surface area contributed by atoms with Crippen LogP contribution in [0.4, 0.5) is 0 Å². The number of carboxylic acid groups (broad SMARTS) is 1. The van der Waals surface area contributed by atoms with E-state index >= 15 is 0 Å². The summed E-state index contributed by atoms with van der Waals surface area (Å²) in [5, 5.41) is 13.0. The third kappa shape index (κ3) is 3.38. The van der Waals surface area contributed by atoms with E-state index in [1.807, 2.05) is 27.0 Å². The van der Waals surface area contributed by atoms with Crippen LogP contribution < -0.4 is 0 Å². The van der Waals surface area contributed by atoms with Gasteiger partial charge in [0.1, 0.15) is 4.32 Å². The molecule has 1 aromatic heterocycles. The molecule has 1 saturated heterocycles. The summed E-state index contributed by atoms with van der Waals surface area (Å²) >= 11 is 6.47. The second-order valence-electron chi connectivity index (χ2n) is 5.04. The van der Waals surface area contributed by atoms with E-state index in [9.17, 15) is 9.59 Å². The first kappa shape index (κ1) is 16.7. The average molecular weight is 339 g/mol. The highest BCUT2D eigenvalue weighted by atomic mass is 32.2. The van der Waals surface area contributed by atoms with Crippen molar-refractivity contribution < 1.29 is 14.7 Å². The zero-order valence-corrected chi connectivity index (χ0v) is 14.3. The lowest BCUT2D eigenvalue weighted by Gasteiger charge is -2.13. The van der Waals surface area contributed by atoms with Gasteiger partial charge in [-0.3, -0.25) is 19.2 Å². The Balaban J connectivity index is 2.17. The van der Waals surface area contributed by atoms with Gasteiger partial charge in [-0.25, -0.2) is 0 Å². The van der Waals surface area contributed by atoms with E-state index in [1.165, 1.54) is 16.7 Å². The standard InChI is InChI=1S/C14H17N3O3S2/c1-8-10(9(2)16(3)15-8)7-11-13(20)17(14(21)22-11)6-4-5-12(18)19/h7H,4-6H2,1-3H3,(H,18,19). The van der Waals surface area contributed by atoms with Gasteiger partial charge in [0, 0.05) is 31.3 Å². The van der Waals surface area contributed by atoms with Gasteiger partial charge in [-0.1, -0.05) is 24.0 Å². The lowest BCUT2D eigenvalue weighted by molar-refractivity contribution is -0.137. The van der Waals surface area contributed by atoms with Crippen LogP contribution in [0.2, 0.25) is 0 Å². The van der Waals surface area contributed by atoms with Crippen LogP contribution in [-0.2, 0) is 16.6 Å². The van der Waals surface area contributed by atoms with Crippen LogP contribution >= 0.6 is 24.0 Å². The number of hydrogen-bond acceptors (Lipinski definition) is 5. The number of aryl methyl sites for hydroxylation is 2. The highest BCUT2D eigenvalue weighted by molar-refractivity contribution is 8.26. The maximum absolute atomic E-state index is 12.4. The Hall–Kier alpha value is -1.67. The molecular weight excluding hydrogens is 322 g/mol. The summed E-state index contributed by atoms with van der Waals surface area (Å²) in [6.45, 7) is 4.17. The summed E-state index contributed by atoms with van der Waals surface area (Å²) in [7, 11) is 1.86. The Labute approximate surface area is 138 Å². The molecule has 1 amide bonds. The molecule has 0 radical (unpaired) electrons. The van der Waals surface area contributed by atoms with E-state index in [1.54, 1.807) is 4.68 Å². The third-order valence-electron chi connectivity index (χ3n) is 3.49. The molecule has 1 N–H and O–H groups in total. The fraction of sp³-hybridized carbons (Fsp3) is 0.429. The van der Waals surface area contributed by atoms with Crippen LogP contribution in [0.5, 0.6) is 0 Å². The average Bonchev–Trinajstić information content (AvgIpc) is 2.83. The number of thiocarbonyl (C=S) groups is 1. The molecule has 0 aliphatic carbocycles. The Morgan fingerprint density at radius 2 is 2.14 bits per heavy atom. The van der Waals surface area contributed by atoms with E-state index in [0.29, 0.717) is 22.2 Å². The van der Waals surface area contributed by atoms with Crippen LogP contribution in [0, 0.1) is 13.8 Å². The Kier molecular flexibility index (Phi) is 5.02. The molecule has 0 spiro atoms. The van der Waals surface area contributed by atoms with Crippen molar-refractivity contribution >= 4 is 46.3 Å². The van der Waals surface area contributed by atoms with E-state index < -0.39 is 5.97 Å². The van der Waals surface area contributed by atoms with E-state index in [2.05, 4.69) is 5.10 Å². The number of aliphatic carboxylic acids is 1. The second-order valence-corrected chi connectivity index (χ2v) is 6.71. The number of hydrogen-bond donors (Lipinski definition) is 1. The van der Waals surface area contributed by atoms with Crippen molar-refractivity contribution in [1.82, 2.24) is 14.7 Å². The smallest absolute Gasteiger partial charge is 0.303 e. The van der Waals surface area contributed by atoms with Gasteiger partial charge >= 0.3 is 5.97 Å². The molecule has 6 nitrogen and oxygen atoms in total. The summed E-state index contributed by atoms with van der Waals surface area (Å²) < 4.78 is 2.25. The van der Waals surface area contributed by atoms with Crippen molar-refractivity contribution in [1.29, 1.82) is 0 Å². The molecule has 1 aromatic rings. The van der Waals surface area contributed by atoms with E-state index in [0.717, 1.165) is 17.0 Å². The molecule has 1 fully saturated rings. The number of carbonyl (C=O) groups excluding carboxylic acids is 1. The van der Waals surface area contributed by atoms with Crippen LogP contribution in [-0.4, -0.2) is 42.5 Å². The minimum Gasteiger partial charge on any atom is -0.481 e. The predicted octanol–water partition coefficient (Wildman–Crippen LogP) is 2.10. The van der Waals surface area contributed by atoms with Crippen LogP contribution in [0.15, 0.2) is 4.91 Å². The van der Waals surface area contributed by atoms with Gasteiger partial charge in [-0.2, -0.15) is 5.10 Å². The number of rotatable bonds is 5. The quantitative estimate of drug-likeness (QED) is 0.654. The molecule has 2 heterocycles. The van der Waals surface area contributed by atoms with Crippen molar-refractivity contribution in [2.24, 2.45) is 7.05 Å². The monoisotopic (exact) mass is 339 g/mol. The van der Waals surface area contributed by atoms with Crippen molar-refractivity contribution in [3.8, 4) is 0 Å². The minimum atomic E-state index is -0.873. The molecule has 0 atom stereocenters. The fourth-order valence-electron chi connectivity index (χ4n) is 2.21. The zero-order valence-electron chi connectivity index (χ0n) is 12.6. The van der Waals surface area contributed by atoms with Crippen molar-refractivity contribution in [3.05, 3.63) is 21.9 Å². The Bertz CT molecular complexity index is 679. The lowest BCUT2D eigenvalue weighted by atomic mass is 10.2. The van der Waals surface area contributed by atoms with Gasteiger partial charge in [0.05, 0.1) is 10.6 Å². The molecule has 0 saturated carbocycles. The zero-order chi connectivity index (χ0) is 16.4. The molecule has 8 heteroatoms. The van der Waals surface area contributed by atoms with Crippen LogP contribution in [0.1, 0.15) is 29.8 Å². The van der Waals surface area contributed by atoms with Gasteiger partial charge < -0.3 is 5.11 Å². The van der Waals surface area contributed by atoms with Crippen molar-refractivity contribution in [2.45, 2.75) is 26.7 Å². The molecule has 2 rings (SSSR count). The topological polar surface area (TPSA) is 75.4 Å². The number of nitrogens with zero attached hydrogens (tertiary/aromatic N) is 3. The number of aromatic nitrogens is 2. The van der Waals surface area contributed by atoms with E-state index in [-0.39, 0.29) is 12.3 Å². The first-order valence-electron chi connectivity index (χ1n) is 6.78. The predicted molar refractivity (Wildman–Crippen MR) is 89.4 cm³/mol. The molecule has 118 valence electrons. The van der Waals surface area contributed by atoms with E-state index in [4.69, 9.17) is 17.3 Å². The van der Waals surface area contributed by atoms with Crippen molar-refractivity contribution in [3.63, 3.8) is 0 Å². The summed E-state index contributed by atoms with van der Waals surface area (Å²) in [6, 6.07) is 0. The maximum Gasteiger partial charge on any atom is 0.303 e. The number of amides is 1. The maximum atomic E-state index is 12.4. The summed E-state index contributed by atoms with van der Waals surface area (Å²) in [6.07, 6.45) is 2.23. The third-order valence-corrected chi connectivity index (χ3v) is 4.86. The molecule has 0 bridgehead atoms. The molecular formula is C14H17N3O3S2. The second kappa shape index (κ2) is 6.62. The van der Waals surface area contributed by atoms with Crippen LogP contribution in [0.3, 0.4) is 0 Å². The lowest BCUT2D eigenvalue weighted by Crippen LogP contribution is -2.29. The summed E-state index contributed by atoms with van der Waals surface area (Å²) in [5.74, 6) is -1.04. The fourth-order valence-corrected chi connectivity index (χ4v) is 3.50. The number of thioether (sulfide) groups is 1. The summed E-state index contributed by atoms with van der Waals surface area (Å²) in [5.41, 5.74) is 2.76. The molecule has 22 heavy (non-hydrogen) atoms. The van der Waals surface area contributed by atoms with Gasteiger partial charge in [0.2, 0.25) is 0 Å². The first-order valence-corrected chi connectivity index (χ1v) is 8.01. The SMILES string of the molecule is Cc1nn(C)c(C)c1C=C1SC(=S)N(CCCC(=O)O)C1=O. The minimum absolute atomic E-state index is 0.0247. The molecule has 1 aliphatic rings. The van der Waals surface area contributed by atoms with Gasteiger partial charge in [-0.15, -0.1) is 0 Å². The highest BCUT2D eigenvalue weighted by Crippen LogP contribution is 2.33. The van der Waals surface area contributed by atoms with Gasteiger partial charge in [0.25, 0.3) is 5.91 Å². The number of carbonyl (C=O) groups is 2. The summed E-state index contributed by atoms with van der Waals surface area (Å²) in [4.78, 5) is 25.0. The largest absolute Gasteiger partial charge is 0.481 e. The van der Waals surface area contributed by atoms with Gasteiger partial charge in [-0.05, 0) is 26.3 Å². The molecule has 0 aromatic carbocycles. The Morgan fingerprint density at radius 3 is 2.68 bits per heavy atom. The molecule has 1 aliphatic heterocycles. The first-order chi connectivity index (χ1) is 10.3. The molecule has 0 unspecified atom stereocenters. The van der Waals surface area contributed by atoms with Crippen LogP contribution in [0.25, 0.3) is 6.08 Å².